The van der Waals surface area contributed by atoms with Crippen LogP contribution >= 0.6 is 24.8 Å². The van der Waals surface area contributed by atoms with Gasteiger partial charge in [-0.05, 0) is 17.7 Å². The predicted molar refractivity (Wildman–Crippen MR) is 62.6 cm³/mol. The van der Waals surface area contributed by atoms with Crippen LogP contribution in [0.25, 0.3) is 0 Å². The molecule has 0 amide bonds. The van der Waals surface area contributed by atoms with Crippen molar-refractivity contribution in [1.29, 1.82) is 0 Å². The quantitative estimate of drug-likeness (QED) is 0.512. The van der Waals surface area contributed by atoms with Gasteiger partial charge in [0.2, 0.25) is 0 Å². The molecule has 1 heterocycles. The number of hydrogen-bond donors (Lipinski definition) is 3. The van der Waals surface area contributed by atoms with Gasteiger partial charge < -0.3 is 16.2 Å². The smallest absolute Gasteiger partial charge is 0.138 e. The van der Waals surface area contributed by atoms with E-state index in [0.29, 0.717) is 11.6 Å². The highest BCUT2D eigenvalue weighted by atomic mass is 35.5. The molecule has 1 aromatic rings. The van der Waals surface area contributed by atoms with Crippen LogP contribution in [-0.2, 0) is 0 Å². The summed E-state index contributed by atoms with van der Waals surface area (Å²) in [5.41, 5.74) is 7.25. The molecule has 0 aromatic heterocycles. The molecule has 0 unspecified atom stereocenters. The maximum Gasteiger partial charge on any atom is 0.138 e. The standard InChI is InChI=1S/C9H12N2O.2ClH/c10-8-3-6(1-2-9(8)12)7-4-11-5-7;;/h1-3,7,11-12H,4-5,10H2;2*1H. The van der Waals surface area contributed by atoms with E-state index in [1.807, 2.05) is 12.1 Å². The molecule has 0 saturated carbocycles. The maximum atomic E-state index is 9.18. The molecule has 1 fully saturated rings. The van der Waals surface area contributed by atoms with Gasteiger partial charge in [0.25, 0.3) is 0 Å². The van der Waals surface area contributed by atoms with Crippen molar-refractivity contribution >= 4 is 30.5 Å². The fourth-order valence-corrected chi connectivity index (χ4v) is 1.35. The SMILES string of the molecule is Cl.Cl.Nc1cc(C2CNC2)ccc1O. The molecule has 1 saturated heterocycles. The lowest BCUT2D eigenvalue weighted by atomic mass is 9.93. The zero-order valence-electron chi connectivity index (χ0n) is 7.56. The molecule has 5 heteroatoms. The third kappa shape index (κ3) is 2.44. The number of rotatable bonds is 1. The molecule has 1 aromatic carbocycles. The summed E-state index contributed by atoms with van der Waals surface area (Å²) in [7, 11) is 0. The van der Waals surface area contributed by atoms with Crippen LogP contribution in [0, 0.1) is 0 Å². The summed E-state index contributed by atoms with van der Waals surface area (Å²) < 4.78 is 0. The van der Waals surface area contributed by atoms with Gasteiger partial charge in [-0.3, -0.25) is 0 Å². The van der Waals surface area contributed by atoms with Crippen LogP contribution in [0.2, 0.25) is 0 Å². The first kappa shape index (κ1) is 13.4. The minimum atomic E-state index is 0. The van der Waals surface area contributed by atoms with Crippen molar-refractivity contribution in [2.24, 2.45) is 0 Å². The van der Waals surface area contributed by atoms with E-state index in [1.165, 1.54) is 5.56 Å². The minimum absolute atomic E-state index is 0. The second kappa shape index (κ2) is 5.29. The van der Waals surface area contributed by atoms with E-state index < -0.39 is 0 Å². The number of phenols is 1. The summed E-state index contributed by atoms with van der Waals surface area (Å²) in [6.07, 6.45) is 0. The number of benzene rings is 1. The summed E-state index contributed by atoms with van der Waals surface area (Å²) in [5.74, 6) is 0.749. The van der Waals surface area contributed by atoms with Gasteiger partial charge >= 0.3 is 0 Å². The van der Waals surface area contributed by atoms with E-state index >= 15 is 0 Å². The van der Waals surface area contributed by atoms with Crippen molar-refractivity contribution in [3.63, 3.8) is 0 Å². The van der Waals surface area contributed by atoms with Crippen molar-refractivity contribution in [2.75, 3.05) is 18.8 Å². The first-order valence-electron chi connectivity index (χ1n) is 4.06. The van der Waals surface area contributed by atoms with Gasteiger partial charge in [-0.1, -0.05) is 6.07 Å². The first-order chi connectivity index (χ1) is 5.77. The van der Waals surface area contributed by atoms with Crippen LogP contribution in [0.4, 0.5) is 5.69 Å². The van der Waals surface area contributed by atoms with Gasteiger partial charge in [-0.2, -0.15) is 0 Å². The van der Waals surface area contributed by atoms with Gasteiger partial charge in [0.05, 0.1) is 5.69 Å². The van der Waals surface area contributed by atoms with E-state index in [0.717, 1.165) is 13.1 Å². The van der Waals surface area contributed by atoms with Gasteiger partial charge in [0, 0.05) is 19.0 Å². The Morgan fingerprint density at radius 1 is 1.29 bits per heavy atom. The number of nitrogens with two attached hydrogens (primary N) is 1. The van der Waals surface area contributed by atoms with Crippen molar-refractivity contribution < 1.29 is 5.11 Å². The van der Waals surface area contributed by atoms with Gasteiger partial charge in [-0.15, -0.1) is 24.8 Å². The highest BCUT2D eigenvalue weighted by Crippen LogP contribution is 2.26. The van der Waals surface area contributed by atoms with Crippen molar-refractivity contribution in [2.45, 2.75) is 5.92 Å². The Morgan fingerprint density at radius 3 is 2.36 bits per heavy atom. The van der Waals surface area contributed by atoms with E-state index in [2.05, 4.69) is 5.32 Å². The highest BCUT2D eigenvalue weighted by molar-refractivity contribution is 5.85. The molecule has 0 spiro atoms. The second-order valence-corrected chi connectivity index (χ2v) is 3.17. The fraction of sp³-hybridized carbons (Fsp3) is 0.333. The molecule has 4 N–H and O–H groups in total. The van der Waals surface area contributed by atoms with Crippen LogP contribution in [-0.4, -0.2) is 18.2 Å². The average molecular weight is 237 g/mol. The Morgan fingerprint density at radius 2 is 1.93 bits per heavy atom. The van der Waals surface area contributed by atoms with Gasteiger partial charge in [0.1, 0.15) is 5.75 Å². The lowest BCUT2D eigenvalue weighted by Crippen LogP contribution is -2.39. The molecule has 1 aliphatic rings. The van der Waals surface area contributed by atoms with E-state index in [4.69, 9.17) is 5.73 Å². The minimum Gasteiger partial charge on any atom is -0.506 e. The second-order valence-electron chi connectivity index (χ2n) is 3.17. The Hall–Kier alpha value is -0.640. The number of aromatic hydroxyl groups is 1. The molecule has 0 atom stereocenters. The molecule has 80 valence electrons. The zero-order chi connectivity index (χ0) is 8.55. The number of nitrogens with one attached hydrogen (secondary N) is 1. The monoisotopic (exact) mass is 236 g/mol. The summed E-state index contributed by atoms with van der Waals surface area (Å²) in [6.45, 7) is 2.04. The molecule has 0 bridgehead atoms. The number of nitrogen functional groups attached to an aromatic ring is 1. The molecule has 1 aliphatic heterocycles. The van der Waals surface area contributed by atoms with Crippen LogP contribution < -0.4 is 11.1 Å². The molecule has 0 aliphatic carbocycles. The average Bonchev–Trinajstić information content (AvgIpc) is 1.93. The Labute approximate surface area is 95.5 Å². The third-order valence-electron chi connectivity index (χ3n) is 2.30. The van der Waals surface area contributed by atoms with Crippen LogP contribution in [0.5, 0.6) is 5.75 Å². The molecular weight excluding hydrogens is 223 g/mol. The molecule has 14 heavy (non-hydrogen) atoms. The predicted octanol–water partition coefficient (Wildman–Crippen LogP) is 1.50. The number of phenolic OH excluding ortho intramolecular Hbond substituents is 1. The summed E-state index contributed by atoms with van der Waals surface area (Å²) >= 11 is 0. The number of hydrogen-bond acceptors (Lipinski definition) is 3. The van der Waals surface area contributed by atoms with E-state index in [1.54, 1.807) is 6.07 Å². The van der Waals surface area contributed by atoms with Gasteiger partial charge in [-0.25, -0.2) is 0 Å². The topological polar surface area (TPSA) is 58.3 Å². The van der Waals surface area contributed by atoms with Crippen LogP contribution in [0.1, 0.15) is 11.5 Å². The highest BCUT2D eigenvalue weighted by Gasteiger charge is 2.18. The number of halogens is 2. The van der Waals surface area contributed by atoms with Crippen molar-refractivity contribution in [3.8, 4) is 5.75 Å². The molecule has 3 nitrogen and oxygen atoms in total. The summed E-state index contributed by atoms with van der Waals surface area (Å²) in [4.78, 5) is 0. The van der Waals surface area contributed by atoms with Gasteiger partial charge in [0.15, 0.2) is 0 Å². The molecule has 2 rings (SSSR count). The van der Waals surface area contributed by atoms with Crippen molar-refractivity contribution in [1.82, 2.24) is 5.32 Å². The van der Waals surface area contributed by atoms with E-state index in [-0.39, 0.29) is 30.6 Å². The summed E-state index contributed by atoms with van der Waals surface area (Å²) in [5, 5.41) is 12.4. The molecular formula is C9H14Cl2N2O. The van der Waals surface area contributed by atoms with Crippen LogP contribution in [0.3, 0.4) is 0 Å². The fourth-order valence-electron chi connectivity index (χ4n) is 1.35. The van der Waals surface area contributed by atoms with E-state index in [9.17, 15) is 5.11 Å². The maximum absolute atomic E-state index is 9.18. The summed E-state index contributed by atoms with van der Waals surface area (Å²) in [6, 6.07) is 5.43. The lowest BCUT2D eigenvalue weighted by molar-refractivity contribution is 0.446. The third-order valence-corrected chi connectivity index (χ3v) is 2.30. The Balaban J connectivity index is 0.000000845. The first-order valence-corrected chi connectivity index (χ1v) is 4.06. The van der Waals surface area contributed by atoms with Crippen molar-refractivity contribution in [3.05, 3.63) is 23.8 Å². The molecule has 0 radical (unpaired) electrons. The normalized spacial score (nSPS) is 14.9. The zero-order valence-corrected chi connectivity index (χ0v) is 9.20. The lowest BCUT2D eigenvalue weighted by Gasteiger charge is -2.27. The van der Waals surface area contributed by atoms with Crippen LogP contribution in [0.15, 0.2) is 18.2 Å². The Bertz CT molecular complexity index is 303. The number of anilines is 1. The largest absolute Gasteiger partial charge is 0.506 e. The Kier molecular flexibility index (Phi) is 5.05.